The Kier molecular flexibility index (Phi) is 2.58. The molecule has 1 aromatic rings. The predicted molar refractivity (Wildman–Crippen MR) is 63.6 cm³/mol. The van der Waals surface area contributed by atoms with E-state index in [1.165, 1.54) is 10.6 Å². The van der Waals surface area contributed by atoms with Crippen LogP contribution in [0.5, 0.6) is 5.75 Å². The monoisotopic (exact) mass is 241 g/mol. The van der Waals surface area contributed by atoms with Crippen molar-refractivity contribution >= 4 is 15.7 Å². The highest BCUT2D eigenvalue weighted by Crippen LogP contribution is 2.38. The van der Waals surface area contributed by atoms with E-state index in [4.69, 9.17) is 4.74 Å². The van der Waals surface area contributed by atoms with Crippen LogP contribution in [0.25, 0.3) is 0 Å². The Balaban J connectivity index is 2.63. The number of fused-ring (bicyclic) bond motifs is 1. The number of ether oxygens (including phenoxy) is 1. The van der Waals surface area contributed by atoms with Gasteiger partial charge in [0.2, 0.25) is 10.0 Å². The lowest BCUT2D eigenvalue weighted by atomic mass is 10.1. The maximum Gasteiger partial charge on any atom is 0.232 e. The molecule has 0 saturated heterocycles. The number of sulfonamides is 1. The zero-order valence-electron chi connectivity index (χ0n) is 9.65. The summed E-state index contributed by atoms with van der Waals surface area (Å²) in [6, 6.07) is 3.78. The van der Waals surface area contributed by atoms with Gasteiger partial charge in [0.05, 0.1) is 19.1 Å². The van der Waals surface area contributed by atoms with E-state index in [0.29, 0.717) is 13.0 Å². The van der Waals surface area contributed by atoms with E-state index in [2.05, 4.69) is 0 Å². The number of hydrogen-bond donors (Lipinski definition) is 0. The average molecular weight is 241 g/mol. The van der Waals surface area contributed by atoms with Crippen molar-refractivity contribution in [3.05, 3.63) is 23.3 Å². The first-order chi connectivity index (χ1) is 7.45. The second kappa shape index (κ2) is 3.66. The molecule has 16 heavy (non-hydrogen) atoms. The molecule has 88 valence electrons. The van der Waals surface area contributed by atoms with Crippen molar-refractivity contribution in [1.82, 2.24) is 0 Å². The molecule has 1 aliphatic heterocycles. The second-order valence-electron chi connectivity index (χ2n) is 4.00. The van der Waals surface area contributed by atoms with E-state index < -0.39 is 10.0 Å². The van der Waals surface area contributed by atoms with Crippen LogP contribution in [0.1, 0.15) is 11.1 Å². The Labute approximate surface area is 95.9 Å². The first kappa shape index (κ1) is 11.3. The molecule has 0 saturated carbocycles. The van der Waals surface area contributed by atoms with E-state index in [1.807, 2.05) is 19.1 Å². The molecule has 1 heterocycles. The Bertz CT molecular complexity index is 522. The summed E-state index contributed by atoms with van der Waals surface area (Å²) in [5.41, 5.74) is 2.76. The Morgan fingerprint density at radius 3 is 2.62 bits per heavy atom. The smallest absolute Gasteiger partial charge is 0.232 e. The first-order valence-corrected chi connectivity index (χ1v) is 6.94. The number of benzene rings is 1. The van der Waals surface area contributed by atoms with Crippen LogP contribution in [0, 0.1) is 6.92 Å². The Hall–Kier alpha value is -1.23. The molecule has 5 heteroatoms. The van der Waals surface area contributed by atoms with Crippen LogP contribution in [0.15, 0.2) is 12.1 Å². The van der Waals surface area contributed by atoms with E-state index in [1.54, 1.807) is 7.11 Å². The topological polar surface area (TPSA) is 46.6 Å². The molecule has 4 nitrogen and oxygen atoms in total. The molecule has 0 spiro atoms. The molecule has 0 aromatic heterocycles. The van der Waals surface area contributed by atoms with Crippen LogP contribution in [-0.2, 0) is 16.4 Å². The van der Waals surface area contributed by atoms with E-state index in [0.717, 1.165) is 22.6 Å². The van der Waals surface area contributed by atoms with Crippen molar-refractivity contribution in [2.45, 2.75) is 13.3 Å². The largest absolute Gasteiger partial charge is 0.496 e. The van der Waals surface area contributed by atoms with Gasteiger partial charge in [-0.2, -0.15) is 0 Å². The van der Waals surface area contributed by atoms with Crippen LogP contribution in [0.4, 0.5) is 5.69 Å². The quantitative estimate of drug-likeness (QED) is 0.784. The van der Waals surface area contributed by atoms with Crippen LogP contribution >= 0.6 is 0 Å². The molecule has 1 aromatic carbocycles. The summed E-state index contributed by atoms with van der Waals surface area (Å²) in [5.74, 6) is 0.770. The van der Waals surface area contributed by atoms with Gasteiger partial charge in [-0.25, -0.2) is 8.42 Å². The summed E-state index contributed by atoms with van der Waals surface area (Å²) >= 11 is 0. The van der Waals surface area contributed by atoms with Crippen LogP contribution in [0.3, 0.4) is 0 Å². The van der Waals surface area contributed by atoms with Gasteiger partial charge in [-0.3, -0.25) is 4.31 Å². The van der Waals surface area contributed by atoms with E-state index >= 15 is 0 Å². The summed E-state index contributed by atoms with van der Waals surface area (Å²) in [6.07, 6.45) is 1.95. The molecule has 0 fully saturated rings. The van der Waals surface area contributed by atoms with Gasteiger partial charge >= 0.3 is 0 Å². The molecule has 0 radical (unpaired) electrons. The zero-order chi connectivity index (χ0) is 11.9. The third-order valence-corrected chi connectivity index (χ3v) is 4.04. The molecule has 0 bridgehead atoms. The van der Waals surface area contributed by atoms with Crippen molar-refractivity contribution in [3.8, 4) is 5.75 Å². The Morgan fingerprint density at radius 1 is 1.38 bits per heavy atom. The summed E-state index contributed by atoms with van der Waals surface area (Å²) in [4.78, 5) is 0. The highest BCUT2D eigenvalue weighted by Gasteiger charge is 2.29. The highest BCUT2D eigenvalue weighted by molar-refractivity contribution is 7.92. The SMILES string of the molecule is COc1ccc(C)c2c1CCN2S(C)(=O)=O. The van der Waals surface area contributed by atoms with Gasteiger partial charge in [-0.1, -0.05) is 6.07 Å². The summed E-state index contributed by atoms with van der Waals surface area (Å²) in [7, 11) is -1.58. The standard InChI is InChI=1S/C11H15NO3S/c1-8-4-5-10(15-2)9-6-7-12(11(8)9)16(3,13)14/h4-5H,6-7H2,1-3H3. The molecule has 0 atom stereocenters. The maximum absolute atomic E-state index is 11.6. The van der Waals surface area contributed by atoms with Gasteiger partial charge in [0.25, 0.3) is 0 Å². The number of methoxy groups -OCH3 is 1. The first-order valence-electron chi connectivity index (χ1n) is 5.09. The van der Waals surface area contributed by atoms with Crippen molar-refractivity contribution in [2.24, 2.45) is 0 Å². The minimum atomic E-state index is -3.19. The lowest BCUT2D eigenvalue weighted by molar-refractivity contribution is 0.411. The molecule has 0 N–H and O–H groups in total. The lowest BCUT2D eigenvalue weighted by Crippen LogP contribution is -2.28. The normalized spacial score (nSPS) is 15.1. The number of anilines is 1. The van der Waals surface area contributed by atoms with Gasteiger partial charge in [0, 0.05) is 12.1 Å². The molecular weight excluding hydrogens is 226 g/mol. The third kappa shape index (κ3) is 1.65. The summed E-state index contributed by atoms with van der Waals surface area (Å²) in [5, 5.41) is 0. The lowest BCUT2D eigenvalue weighted by Gasteiger charge is -2.19. The van der Waals surface area contributed by atoms with Crippen LogP contribution < -0.4 is 9.04 Å². The molecule has 0 amide bonds. The molecule has 1 aliphatic rings. The van der Waals surface area contributed by atoms with Crippen molar-refractivity contribution in [2.75, 3.05) is 24.2 Å². The molecule has 0 unspecified atom stereocenters. The van der Waals surface area contributed by atoms with E-state index in [9.17, 15) is 8.42 Å². The molecular formula is C11H15NO3S. The van der Waals surface area contributed by atoms with Gasteiger partial charge in [0.15, 0.2) is 0 Å². The summed E-state index contributed by atoms with van der Waals surface area (Å²) in [6.45, 7) is 2.43. The second-order valence-corrected chi connectivity index (χ2v) is 5.90. The number of rotatable bonds is 2. The van der Waals surface area contributed by atoms with Gasteiger partial charge in [-0.15, -0.1) is 0 Å². The predicted octanol–water partition coefficient (Wildman–Crippen LogP) is 1.33. The van der Waals surface area contributed by atoms with Crippen LogP contribution in [-0.4, -0.2) is 28.3 Å². The minimum absolute atomic E-state index is 0.509. The average Bonchev–Trinajstić information content (AvgIpc) is 2.63. The Morgan fingerprint density at radius 2 is 2.06 bits per heavy atom. The van der Waals surface area contributed by atoms with Gasteiger partial charge < -0.3 is 4.74 Å². The maximum atomic E-state index is 11.6. The van der Waals surface area contributed by atoms with Gasteiger partial charge in [0.1, 0.15) is 5.75 Å². The van der Waals surface area contributed by atoms with Crippen molar-refractivity contribution in [1.29, 1.82) is 0 Å². The fraction of sp³-hybridized carbons (Fsp3) is 0.455. The summed E-state index contributed by atoms with van der Waals surface area (Å²) < 4.78 is 30.0. The fourth-order valence-electron chi connectivity index (χ4n) is 2.17. The molecule has 0 aliphatic carbocycles. The van der Waals surface area contributed by atoms with Crippen LogP contribution in [0.2, 0.25) is 0 Å². The zero-order valence-corrected chi connectivity index (χ0v) is 10.5. The third-order valence-electron chi connectivity index (χ3n) is 2.88. The number of hydrogen-bond acceptors (Lipinski definition) is 3. The number of aryl methyl sites for hydroxylation is 1. The van der Waals surface area contributed by atoms with Crippen molar-refractivity contribution < 1.29 is 13.2 Å². The number of nitrogens with zero attached hydrogens (tertiary/aromatic N) is 1. The highest BCUT2D eigenvalue weighted by atomic mass is 32.2. The van der Waals surface area contributed by atoms with Gasteiger partial charge in [-0.05, 0) is 25.0 Å². The fourth-order valence-corrected chi connectivity index (χ4v) is 3.18. The minimum Gasteiger partial charge on any atom is -0.496 e. The molecule has 2 rings (SSSR count). The van der Waals surface area contributed by atoms with Crippen molar-refractivity contribution in [3.63, 3.8) is 0 Å². The van der Waals surface area contributed by atoms with E-state index in [-0.39, 0.29) is 0 Å².